The average molecular weight is 312 g/mol. The second-order valence-corrected chi connectivity index (χ2v) is 6.13. The fourth-order valence-electron chi connectivity index (χ4n) is 1.74. The van der Waals surface area contributed by atoms with Crippen molar-refractivity contribution in [3.8, 4) is 0 Å². The van der Waals surface area contributed by atoms with Crippen molar-refractivity contribution < 1.29 is 17.6 Å². The van der Waals surface area contributed by atoms with E-state index < -0.39 is 26.6 Å². The summed E-state index contributed by atoms with van der Waals surface area (Å²) < 4.78 is 40.4. The van der Waals surface area contributed by atoms with E-state index in [9.17, 15) is 17.6 Å². The number of hydrogen-bond donors (Lipinski definition) is 3. The van der Waals surface area contributed by atoms with Gasteiger partial charge in [0.15, 0.2) is 5.69 Å². The lowest BCUT2D eigenvalue weighted by Crippen LogP contribution is -2.19. The lowest BCUT2D eigenvalue weighted by molar-refractivity contribution is 0.0996. The van der Waals surface area contributed by atoms with Crippen LogP contribution < -0.4 is 10.5 Å². The smallest absolute Gasteiger partial charge is 0.271 e. The predicted octanol–water partition coefficient (Wildman–Crippen LogP) is 1.07. The number of benzene rings is 1. The molecule has 0 aliphatic carbocycles. The molecule has 0 spiro atoms. The number of carbonyl (C=O) groups excluding carboxylic acids is 1. The number of aryl methyl sites for hydroxylation is 2. The second kappa shape index (κ2) is 5.17. The number of sulfonamides is 1. The number of aromatic amines is 1. The highest BCUT2D eigenvalue weighted by Gasteiger charge is 2.24. The Bertz CT molecular complexity index is 814. The number of anilines is 1. The largest absolute Gasteiger partial charge is 0.364 e. The van der Waals surface area contributed by atoms with Gasteiger partial charge in [0.25, 0.3) is 15.9 Å². The Morgan fingerprint density at radius 3 is 2.67 bits per heavy atom. The summed E-state index contributed by atoms with van der Waals surface area (Å²) in [5.41, 5.74) is 5.63. The van der Waals surface area contributed by atoms with Crippen LogP contribution in [-0.4, -0.2) is 24.5 Å². The molecule has 9 heteroatoms. The minimum Gasteiger partial charge on any atom is -0.364 e. The molecule has 112 valence electrons. The minimum absolute atomic E-state index is 0.0941. The molecule has 2 aromatic rings. The highest BCUT2D eigenvalue weighted by atomic mass is 32.2. The quantitative estimate of drug-likeness (QED) is 0.782. The van der Waals surface area contributed by atoms with Gasteiger partial charge in [0.2, 0.25) is 0 Å². The molecular weight excluding hydrogens is 299 g/mol. The standard InChI is InChI=1S/C12H13FN4O3S/c1-6-3-4-8(13)9(5-6)21(19,20)17-10-7(2)15-16-11(10)12(14)18/h3-5,17H,1-2H3,(H2,14,18)(H,15,16). The molecule has 0 radical (unpaired) electrons. The zero-order chi connectivity index (χ0) is 15.8. The molecule has 0 aliphatic heterocycles. The summed E-state index contributed by atoms with van der Waals surface area (Å²) in [4.78, 5) is 10.7. The zero-order valence-corrected chi connectivity index (χ0v) is 12.1. The van der Waals surface area contributed by atoms with Crippen LogP contribution in [0.1, 0.15) is 21.7 Å². The summed E-state index contributed by atoms with van der Waals surface area (Å²) >= 11 is 0. The second-order valence-electron chi connectivity index (χ2n) is 4.48. The van der Waals surface area contributed by atoms with Crippen LogP contribution >= 0.6 is 0 Å². The van der Waals surface area contributed by atoms with Crippen LogP contribution in [0.15, 0.2) is 23.1 Å². The lowest BCUT2D eigenvalue weighted by Gasteiger charge is -2.09. The van der Waals surface area contributed by atoms with Gasteiger partial charge in [-0.3, -0.25) is 14.6 Å². The zero-order valence-electron chi connectivity index (χ0n) is 11.3. The van der Waals surface area contributed by atoms with Crippen LogP contribution in [0.2, 0.25) is 0 Å². The van der Waals surface area contributed by atoms with E-state index in [0.717, 1.165) is 6.07 Å². The number of primary amides is 1. The van der Waals surface area contributed by atoms with Crippen molar-refractivity contribution in [1.82, 2.24) is 10.2 Å². The van der Waals surface area contributed by atoms with E-state index in [2.05, 4.69) is 14.9 Å². The lowest BCUT2D eigenvalue weighted by atomic mass is 10.2. The molecule has 1 aromatic carbocycles. The predicted molar refractivity (Wildman–Crippen MR) is 73.8 cm³/mol. The molecule has 1 aromatic heterocycles. The number of H-pyrrole nitrogens is 1. The number of hydrogen-bond acceptors (Lipinski definition) is 4. The molecule has 0 saturated carbocycles. The van der Waals surface area contributed by atoms with E-state index in [4.69, 9.17) is 5.73 Å². The van der Waals surface area contributed by atoms with Gasteiger partial charge in [0, 0.05) is 0 Å². The molecule has 1 amide bonds. The molecular formula is C12H13FN4O3S. The van der Waals surface area contributed by atoms with Gasteiger partial charge >= 0.3 is 0 Å². The first-order chi connectivity index (χ1) is 9.72. The van der Waals surface area contributed by atoms with E-state index in [1.165, 1.54) is 19.1 Å². The van der Waals surface area contributed by atoms with Gasteiger partial charge in [-0.05, 0) is 31.5 Å². The van der Waals surface area contributed by atoms with Gasteiger partial charge in [-0.15, -0.1) is 0 Å². The topological polar surface area (TPSA) is 118 Å². The maximum atomic E-state index is 13.7. The van der Waals surface area contributed by atoms with Crippen LogP contribution in [0.5, 0.6) is 0 Å². The summed E-state index contributed by atoms with van der Waals surface area (Å²) in [5, 5.41) is 6.06. The van der Waals surface area contributed by atoms with E-state index in [1.54, 1.807) is 6.92 Å². The molecule has 0 unspecified atom stereocenters. The maximum absolute atomic E-state index is 13.7. The molecule has 0 bridgehead atoms. The third-order valence-corrected chi connectivity index (χ3v) is 4.16. The summed E-state index contributed by atoms with van der Waals surface area (Å²) in [6.07, 6.45) is 0. The van der Waals surface area contributed by atoms with Gasteiger partial charge in [0.05, 0.1) is 5.69 Å². The number of nitrogens with two attached hydrogens (primary N) is 1. The fraction of sp³-hybridized carbons (Fsp3) is 0.167. The Morgan fingerprint density at radius 2 is 2.05 bits per heavy atom. The van der Waals surface area contributed by atoms with Crippen molar-refractivity contribution in [3.63, 3.8) is 0 Å². The first kappa shape index (κ1) is 15.0. The number of nitrogens with zero attached hydrogens (tertiary/aromatic N) is 1. The highest BCUT2D eigenvalue weighted by molar-refractivity contribution is 7.92. The van der Waals surface area contributed by atoms with Crippen molar-refractivity contribution in [2.24, 2.45) is 5.73 Å². The maximum Gasteiger partial charge on any atom is 0.271 e. The number of carbonyl (C=O) groups is 1. The van der Waals surface area contributed by atoms with Crippen LogP contribution in [0, 0.1) is 19.7 Å². The Hall–Kier alpha value is -2.42. The number of nitrogens with one attached hydrogen (secondary N) is 2. The number of rotatable bonds is 4. The Kier molecular flexibility index (Phi) is 3.69. The van der Waals surface area contributed by atoms with Crippen LogP contribution in [0.4, 0.5) is 10.1 Å². The van der Waals surface area contributed by atoms with Crippen molar-refractivity contribution >= 4 is 21.6 Å². The molecule has 0 aliphatic rings. The molecule has 1 heterocycles. The first-order valence-corrected chi connectivity index (χ1v) is 7.34. The van der Waals surface area contributed by atoms with E-state index in [1.807, 2.05) is 0 Å². The molecule has 4 N–H and O–H groups in total. The number of aromatic nitrogens is 2. The van der Waals surface area contributed by atoms with E-state index in [-0.39, 0.29) is 11.4 Å². The summed E-state index contributed by atoms with van der Waals surface area (Å²) in [7, 11) is -4.21. The number of halogens is 1. The third kappa shape index (κ3) is 2.87. The summed E-state index contributed by atoms with van der Waals surface area (Å²) in [5.74, 6) is -1.79. The summed E-state index contributed by atoms with van der Waals surface area (Å²) in [6, 6.07) is 3.70. The molecule has 0 saturated heterocycles. The SMILES string of the molecule is Cc1ccc(F)c(S(=O)(=O)Nc2c(C(N)=O)n[nH]c2C)c1. The first-order valence-electron chi connectivity index (χ1n) is 5.86. The average Bonchev–Trinajstić information content (AvgIpc) is 2.73. The van der Waals surface area contributed by atoms with E-state index in [0.29, 0.717) is 11.3 Å². The number of amides is 1. The molecule has 21 heavy (non-hydrogen) atoms. The summed E-state index contributed by atoms with van der Waals surface area (Å²) in [6.45, 7) is 3.14. The molecule has 0 fully saturated rings. The Balaban J connectivity index is 2.50. The fourth-order valence-corrected chi connectivity index (χ4v) is 3.03. The van der Waals surface area contributed by atoms with Crippen molar-refractivity contribution in [2.45, 2.75) is 18.7 Å². The Morgan fingerprint density at radius 1 is 1.38 bits per heavy atom. The highest BCUT2D eigenvalue weighted by Crippen LogP contribution is 2.23. The Labute approximate surface area is 120 Å². The van der Waals surface area contributed by atoms with Crippen LogP contribution in [-0.2, 0) is 10.0 Å². The minimum atomic E-state index is -4.21. The molecule has 0 atom stereocenters. The van der Waals surface area contributed by atoms with Gasteiger partial charge in [-0.2, -0.15) is 5.10 Å². The molecule has 2 rings (SSSR count). The normalized spacial score (nSPS) is 11.4. The van der Waals surface area contributed by atoms with Gasteiger partial charge in [0.1, 0.15) is 16.4 Å². The van der Waals surface area contributed by atoms with Crippen molar-refractivity contribution in [1.29, 1.82) is 0 Å². The van der Waals surface area contributed by atoms with Crippen molar-refractivity contribution in [2.75, 3.05) is 4.72 Å². The third-order valence-electron chi connectivity index (χ3n) is 2.79. The van der Waals surface area contributed by atoms with E-state index >= 15 is 0 Å². The van der Waals surface area contributed by atoms with Crippen LogP contribution in [0.3, 0.4) is 0 Å². The van der Waals surface area contributed by atoms with Gasteiger partial charge in [-0.25, -0.2) is 12.8 Å². The van der Waals surface area contributed by atoms with Gasteiger partial charge < -0.3 is 5.73 Å². The monoisotopic (exact) mass is 312 g/mol. The van der Waals surface area contributed by atoms with Crippen molar-refractivity contribution in [3.05, 3.63) is 41.0 Å². The van der Waals surface area contributed by atoms with Gasteiger partial charge in [-0.1, -0.05) is 6.07 Å². The molecule has 7 nitrogen and oxygen atoms in total. The van der Waals surface area contributed by atoms with Crippen LogP contribution in [0.25, 0.3) is 0 Å².